The summed E-state index contributed by atoms with van der Waals surface area (Å²) in [7, 11) is 1.83. The highest BCUT2D eigenvalue weighted by molar-refractivity contribution is 7.99. The van der Waals surface area contributed by atoms with E-state index in [4.69, 9.17) is 0 Å². The number of amides is 2. The van der Waals surface area contributed by atoms with Crippen LogP contribution in [0.1, 0.15) is 34.7 Å². The smallest absolute Gasteiger partial charge is 0.252 e. The quantitative estimate of drug-likeness (QED) is 0.397. The van der Waals surface area contributed by atoms with E-state index in [9.17, 15) is 9.59 Å². The lowest BCUT2D eigenvalue weighted by Gasteiger charge is -2.14. The maximum Gasteiger partial charge on any atom is 0.252 e. The van der Waals surface area contributed by atoms with Gasteiger partial charge in [0.2, 0.25) is 5.91 Å². The zero-order valence-corrected chi connectivity index (χ0v) is 19.5. The first-order valence-corrected chi connectivity index (χ1v) is 11.6. The molecule has 3 aromatic carbocycles. The molecule has 4 rings (SSSR count). The summed E-state index contributed by atoms with van der Waals surface area (Å²) in [6, 6.07) is 20.9. The van der Waals surface area contributed by atoms with E-state index in [0.29, 0.717) is 16.5 Å². The fourth-order valence-corrected chi connectivity index (χ4v) is 4.31. The third kappa shape index (κ3) is 5.23. The van der Waals surface area contributed by atoms with Crippen LogP contribution in [0.15, 0.2) is 71.9 Å². The molecule has 0 bridgehead atoms. The predicted octanol–water partition coefficient (Wildman–Crippen LogP) is 4.50. The summed E-state index contributed by atoms with van der Waals surface area (Å²) in [5, 5.41) is 17.1. The molecule has 4 aromatic rings. The summed E-state index contributed by atoms with van der Waals surface area (Å²) < 4.78 is 1.80. The average molecular weight is 460 g/mol. The fourth-order valence-electron chi connectivity index (χ4n) is 3.59. The van der Waals surface area contributed by atoms with E-state index < -0.39 is 0 Å². The van der Waals surface area contributed by atoms with Crippen LogP contribution in [-0.2, 0) is 11.8 Å². The molecule has 0 fully saturated rings. The number of thioether (sulfide) groups is 1. The number of benzene rings is 3. The Morgan fingerprint density at radius 1 is 1.00 bits per heavy atom. The first-order chi connectivity index (χ1) is 15.9. The number of carbonyl (C=O) groups is 2. The lowest BCUT2D eigenvalue weighted by atomic mass is 10.1. The Balaban J connectivity index is 1.35. The second-order valence-corrected chi connectivity index (χ2v) is 8.75. The lowest BCUT2D eigenvalue weighted by molar-refractivity contribution is -0.113. The van der Waals surface area contributed by atoms with E-state index in [1.54, 1.807) is 10.6 Å². The maximum atomic E-state index is 12.6. The summed E-state index contributed by atoms with van der Waals surface area (Å²) in [5.41, 5.74) is 2.30. The van der Waals surface area contributed by atoms with Gasteiger partial charge in [-0.3, -0.25) is 9.59 Å². The van der Waals surface area contributed by atoms with Crippen molar-refractivity contribution in [2.24, 2.45) is 7.05 Å². The molecular weight excluding hydrogens is 434 g/mol. The third-order valence-corrected chi connectivity index (χ3v) is 6.38. The molecule has 1 heterocycles. The average Bonchev–Trinajstić information content (AvgIpc) is 3.18. The standard InChI is InChI=1S/C25H25N5O2S/c1-16-8-4-7-11-21(16)24(32)26-17(2)23-28-29-25(30(23)3)33-15-22(31)27-20-13-12-18-9-5-6-10-19(18)14-20/h4-14,17H,15H2,1-3H3,(H,26,32)(H,27,31)/t17-/m1/s1. The van der Waals surface area contributed by atoms with E-state index in [0.717, 1.165) is 22.0 Å². The van der Waals surface area contributed by atoms with Gasteiger partial charge in [0, 0.05) is 18.3 Å². The number of nitrogens with one attached hydrogen (secondary N) is 2. The Labute approximate surface area is 196 Å². The normalized spacial score (nSPS) is 11.8. The third-order valence-electron chi connectivity index (χ3n) is 5.36. The largest absolute Gasteiger partial charge is 0.342 e. The fraction of sp³-hybridized carbons (Fsp3) is 0.200. The minimum absolute atomic E-state index is 0.124. The number of rotatable bonds is 7. The van der Waals surface area contributed by atoms with Crippen LogP contribution in [0.4, 0.5) is 5.69 Å². The molecule has 0 unspecified atom stereocenters. The van der Waals surface area contributed by atoms with Crippen molar-refractivity contribution in [1.82, 2.24) is 20.1 Å². The molecule has 0 aliphatic rings. The van der Waals surface area contributed by atoms with E-state index in [1.807, 2.05) is 81.6 Å². The molecule has 8 heteroatoms. The Hall–Kier alpha value is -3.65. The molecule has 0 aliphatic heterocycles. The van der Waals surface area contributed by atoms with Crippen molar-refractivity contribution >= 4 is 40.0 Å². The zero-order valence-electron chi connectivity index (χ0n) is 18.7. The second kappa shape index (κ2) is 9.87. The minimum Gasteiger partial charge on any atom is -0.342 e. The highest BCUT2D eigenvalue weighted by Gasteiger charge is 2.19. The topological polar surface area (TPSA) is 88.9 Å². The van der Waals surface area contributed by atoms with E-state index in [1.165, 1.54) is 11.8 Å². The van der Waals surface area contributed by atoms with Gasteiger partial charge in [-0.25, -0.2) is 0 Å². The van der Waals surface area contributed by atoms with Crippen molar-refractivity contribution in [3.63, 3.8) is 0 Å². The number of hydrogen-bond acceptors (Lipinski definition) is 5. The number of aryl methyl sites for hydroxylation is 1. The van der Waals surface area contributed by atoms with Crippen LogP contribution in [0.3, 0.4) is 0 Å². The van der Waals surface area contributed by atoms with Crippen molar-refractivity contribution in [2.45, 2.75) is 25.0 Å². The highest BCUT2D eigenvalue weighted by Crippen LogP contribution is 2.22. The Morgan fingerprint density at radius 2 is 1.73 bits per heavy atom. The van der Waals surface area contributed by atoms with Crippen molar-refractivity contribution in [3.8, 4) is 0 Å². The van der Waals surface area contributed by atoms with E-state index in [-0.39, 0.29) is 23.6 Å². The number of aromatic nitrogens is 3. The van der Waals surface area contributed by atoms with Gasteiger partial charge in [-0.15, -0.1) is 10.2 Å². The van der Waals surface area contributed by atoms with Gasteiger partial charge < -0.3 is 15.2 Å². The number of fused-ring (bicyclic) bond motifs is 1. The van der Waals surface area contributed by atoms with Crippen molar-refractivity contribution in [1.29, 1.82) is 0 Å². The number of carbonyl (C=O) groups excluding carboxylic acids is 2. The Kier molecular flexibility index (Phi) is 6.74. The van der Waals surface area contributed by atoms with Gasteiger partial charge in [-0.2, -0.15) is 0 Å². The molecule has 7 nitrogen and oxygen atoms in total. The molecule has 2 amide bonds. The molecular formula is C25H25N5O2S. The van der Waals surface area contributed by atoms with Crippen LogP contribution < -0.4 is 10.6 Å². The number of hydrogen-bond donors (Lipinski definition) is 2. The SMILES string of the molecule is Cc1ccccc1C(=O)N[C@H](C)c1nnc(SCC(=O)Nc2ccc3ccccc3c2)n1C. The highest BCUT2D eigenvalue weighted by atomic mass is 32.2. The molecule has 0 spiro atoms. The van der Waals surface area contributed by atoms with Crippen LogP contribution in [0.5, 0.6) is 0 Å². The van der Waals surface area contributed by atoms with Crippen molar-refractivity contribution in [3.05, 3.63) is 83.7 Å². The van der Waals surface area contributed by atoms with Crippen LogP contribution in [0.2, 0.25) is 0 Å². The molecule has 2 N–H and O–H groups in total. The van der Waals surface area contributed by atoms with Gasteiger partial charge in [-0.1, -0.05) is 60.3 Å². The maximum absolute atomic E-state index is 12.6. The Morgan fingerprint density at radius 3 is 2.52 bits per heavy atom. The van der Waals surface area contributed by atoms with E-state index in [2.05, 4.69) is 20.8 Å². The van der Waals surface area contributed by atoms with Crippen molar-refractivity contribution in [2.75, 3.05) is 11.1 Å². The first kappa shape index (κ1) is 22.5. The van der Waals surface area contributed by atoms with Crippen LogP contribution >= 0.6 is 11.8 Å². The summed E-state index contributed by atoms with van der Waals surface area (Å²) in [4.78, 5) is 25.1. The van der Waals surface area contributed by atoms with Gasteiger partial charge in [0.1, 0.15) is 0 Å². The summed E-state index contributed by atoms with van der Waals surface area (Å²) >= 11 is 1.30. The van der Waals surface area contributed by atoms with Crippen LogP contribution in [0, 0.1) is 6.92 Å². The van der Waals surface area contributed by atoms with Crippen molar-refractivity contribution < 1.29 is 9.59 Å². The molecule has 0 saturated heterocycles. The summed E-state index contributed by atoms with van der Waals surface area (Å²) in [5.74, 6) is 0.533. The zero-order chi connectivity index (χ0) is 23.4. The van der Waals surface area contributed by atoms with Gasteiger partial charge >= 0.3 is 0 Å². The predicted molar refractivity (Wildman–Crippen MR) is 131 cm³/mol. The van der Waals surface area contributed by atoms with Gasteiger partial charge in [-0.05, 0) is 48.4 Å². The van der Waals surface area contributed by atoms with Gasteiger partial charge in [0.05, 0.1) is 11.8 Å². The molecule has 0 radical (unpaired) electrons. The lowest BCUT2D eigenvalue weighted by Crippen LogP contribution is -2.29. The number of nitrogens with zero attached hydrogens (tertiary/aromatic N) is 3. The Bertz CT molecular complexity index is 1320. The monoisotopic (exact) mass is 459 g/mol. The minimum atomic E-state index is -0.338. The molecule has 0 saturated carbocycles. The van der Waals surface area contributed by atoms with Gasteiger partial charge in [0.15, 0.2) is 11.0 Å². The first-order valence-electron chi connectivity index (χ1n) is 10.6. The summed E-state index contributed by atoms with van der Waals surface area (Å²) in [6.45, 7) is 3.76. The van der Waals surface area contributed by atoms with Gasteiger partial charge in [0.25, 0.3) is 5.91 Å². The number of anilines is 1. The molecule has 0 aliphatic carbocycles. The molecule has 1 aromatic heterocycles. The molecule has 168 valence electrons. The molecule has 1 atom stereocenters. The van der Waals surface area contributed by atoms with E-state index >= 15 is 0 Å². The molecule has 33 heavy (non-hydrogen) atoms. The second-order valence-electron chi connectivity index (χ2n) is 7.81. The van der Waals surface area contributed by atoms with Crippen LogP contribution in [0.25, 0.3) is 10.8 Å². The summed E-state index contributed by atoms with van der Waals surface area (Å²) in [6.07, 6.45) is 0. The van der Waals surface area contributed by atoms with Crippen LogP contribution in [-0.4, -0.2) is 32.3 Å².